The van der Waals surface area contributed by atoms with Crippen molar-refractivity contribution in [2.45, 2.75) is 18.9 Å². The molecule has 3 aromatic heterocycles. The zero-order valence-corrected chi connectivity index (χ0v) is 22.5. The highest BCUT2D eigenvalue weighted by Crippen LogP contribution is 2.30. The van der Waals surface area contributed by atoms with E-state index in [1.807, 2.05) is 12.1 Å². The number of nitrogens with zero attached hydrogens (tertiary/aromatic N) is 6. The smallest absolute Gasteiger partial charge is 0.296 e. The lowest BCUT2D eigenvalue weighted by molar-refractivity contribution is -0.116. The van der Waals surface area contributed by atoms with Gasteiger partial charge in [0.1, 0.15) is 24.4 Å². The van der Waals surface area contributed by atoms with Crippen molar-refractivity contribution in [2.24, 2.45) is 0 Å². The summed E-state index contributed by atoms with van der Waals surface area (Å²) in [6, 6.07) is 10.2. The van der Waals surface area contributed by atoms with Crippen LogP contribution in [-0.4, -0.2) is 88.0 Å². The van der Waals surface area contributed by atoms with E-state index in [1.165, 1.54) is 0 Å². The third-order valence-electron chi connectivity index (χ3n) is 7.16. The lowest BCUT2D eigenvalue weighted by Gasteiger charge is -2.32. The van der Waals surface area contributed by atoms with Crippen LogP contribution in [0.4, 0.5) is 23.1 Å². The minimum absolute atomic E-state index is 0.0422. The molecule has 1 atom stereocenters. The number of aliphatic hydroxyl groups excluding tert-OH is 1. The molecule has 4 N–H and O–H groups in total. The number of aliphatic hydroxyl groups is 1. The normalized spacial score (nSPS) is 17.1. The monoisotopic (exact) mass is 553 g/mol. The first kappa shape index (κ1) is 26.5. The number of anilines is 4. The molecule has 12 nitrogen and oxygen atoms in total. The molecule has 2 saturated heterocycles. The number of aromatic amines is 1. The molecule has 2 aliphatic rings. The van der Waals surface area contributed by atoms with E-state index in [9.17, 15) is 4.79 Å². The highest BCUT2D eigenvalue weighted by Gasteiger charge is 2.23. The molecule has 41 heavy (non-hydrogen) atoms. The van der Waals surface area contributed by atoms with Crippen molar-refractivity contribution in [1.29, 1.82) is 0 Å². The fourth-order valence-corrected chi connectivity index (χ4v) is 5.18. The Hall–Kier alpha value is -4.73. The number of fused-ring (bicyclic) bond motifs is 1. The number of amides is 1. The Morgan fingerprint density at radius 2 is 1.85 bits per heavy atom. The number of hydrogen-bond donors (Lipinski definition) is 4. The van der Waals surface area contributed by atoms with Gasteiger partial charge in [-0.1, -0.05) is 18.1 Å². The van der Waals surface area contributed by atoms with Crippen LogP contribution in [0.5, 0.6) is 0 Å². The molecule has 0 bridgehead atoms. The molecule has 0 radical (unpaired) electrons. The molecule has 0 spiro atoms. The SMILES string of the molecule is O=C(C#CCO)N[C@@H]1CCCN(c2ncc(Nc3ccc(-c4cc5c(N6CCOCC6)ncnc5[nH]4)cc3)cn2)C1. The van der Waals surface area contributed by atoms with Crippen LogP contribution in [0.1, 0.15) is 12.8 Å². The van der Waals surface area contributed by atoms with Crippen LogP contribution < -0.4 is 20.4 Å². The predicted molar refractivity (Wildman–Crippen MR) is 156 cm³/mol. The molecule has 1 aromatic carbocycles. The van der Waals surface area contributed by atoms with Crippen molar-refractivity contribution in [3.05, 3.63) is 49.1 Å². The molecule has 1 amide bonds. The van der Waals surface area contributed by atoms with Gasteiger partial charge >= 0.3 is 0 Å². The number of morpholine rings is 1. The van der Waals surface area contributed by atoms with Crippen LogP contribution in [0.25, 0.3) is 22.3 Å². The Kier molecular flexibility index (Phi) is 7.88. The number of benzene rings is 1. The molecule has 6 rings (SSSR count). The lowest BCUT2D eigenvalue weighted by atomic mass is 10.1. The molecule has 2 aliphatic heterocycles. The summed E-state index contributed by atoms with van der Waals surface area (Å²) in [5, 5.41) is 16.0. The van der Waals surface area contributed by atoms with E-state index in [0.29, 0.717) is 25.7 Å². The highest BCUT2D eigenvalue weighted by molar-refractivity contribution is 5.94. The topological polar surface area (TPSA) is 144 Å². The molecule has 0 aliphatic carbocycles. The van der Waals surface area contributed by atoms with Gasteiger partial charge in [-0.3, -0.25) is 4.79 Å². The number of ether oxygens (including phenoxy) is 1. The third-order valence-corrected chi connectivity index (χ3v) is 7.16. The molecule has 2 fully saturated rings. The number of aromatic nitrogens is 5. The molecule has 210 valence electrons. The number of hydrogen-bond acceptors (Lipinski definition) is 10. The summed E-state index contributed by atoms with van der Waals surface area (Å²) in [6.45, 7) is 4.12. The number of piperidine rings is 1. The zero-order chi connectivity index (χ0) is 28.0. The summed E-state index contributed by atoms with van der Waals surface area (Å²) in [5.41, 5.74) is 4.53. The van der Waals surface area contributed by atoms with Gasteiger partial charge in [-0.25, -0.2) is 19.9 Å². The van der Waals surface area contributed by atoms with Crippen molar-refractivity contribution in [2.75, 3.05) is 61.1 Å². The summed E-state index contributed by atoms with van der Waals surface area (Å²) in [5.74, 6) is 5.92. The molecular weight excluding hydrogens is 522 g/mol. The minimum atomic E-state index is -0.381. The molecule has 0 unspecified atom stereocenters. The molecule has 4 aromatic rings. The van der Waals surface area contributed by atoms with Gasteiger partial charge in [0.25, 0.3) is 5.91 Å². The maximum atomic E-state index is 11.9. The second-order valence-electron chi connectivity index (χ2n) is 9.93. The number of carbonyl (C=O) groups is 1. The molecular formula is C29H31N9O3. The summed E-state index contributed by atoms with van der Waals surface area (Å²) < 4.78 is 5.49. The van der Waals surface area contributed by atoms with Crippen LogP contribution in [0.2, 0.25) is 0 Å². The standard InChI is InChI=1S/C29H31N9O3/c39-12-2-4-26(40)35-22-3-1-9-38(18-22)29-30-16-23(17-31-29)34-21-7-5-20(6-8-21)25-15-24-27(36-25)32-19-33-28(24)37-10-13-41-14-11-37/h5-8,15-17,19,22,34,39H,1,3,9-14,18H2,(H,35,40)(H,32,33,36)/t22-/m1/s1. The van der Waals surface area contributed by atoms with Crippen molar-refractivity contribution >= 4 is 40.1 Å². The summed E-state index contributed by atoms with van der Waals surface area (Å²) in [7, 11) is 0. The van der Waals surface area contributed by atoms with E-state index in [4.69, 9.17) is 9.84 Å². The van der Waals surface area contributed by atoms with Crippen LogP contribution in [0.15, 0.2) is 49.1 Å². The van der Waals surface area contributed by atoms with Gasteiger partial charge in [0.2, 0.25) is 5.95 Å². The first-order valence-corrected chi connectivity index (χ1v) is 13.7. The maximum Gasteiger partial charge on any atom is 0.296 e. The lowest BCUT2D eigenvalue weighted by Crippen LogP contribution is -2.48. The Bertz CT molecular complexity index is 1550. The van der Waals surface area contributed by atoms with Gasteiger partial charge in [-0.05, 0) is 42.5 Å². The summed E-state index contributed by atoms with van der Waals surface area (Å²) in [4.78, 5) is 37.7. The van der Waals surface area contributed by atoms with Crippen LogP contribution in [0, 0.1) is 11.8 Å². The van der Waals surface area contributed by atoms with Gasteiger partial charge in [-0.2, -0.15) is 0 Å². The minimum Gasteiger partial charge on any atom is -0.384 e. The van der Waals surface area contributed by atoms with E-state index in [2.05, 4.69) is 75.4 Å². The highest BCUT2D eigenvalue weighted by atomic mass is 16.5. The largest absolute Gasteiger partial charge is 0.384 e. The first-order chi connectivity index (χ1) is 20.2. The number of rotatable bonds is 6. The second-order valence-corrected chi connectivity index (χ2v) is 9.93. The molecule has 12 heteroatoms. The van der Waals surface area contributed by atoms with E-state index in [-0.39, 0.29) is 18.6 Å². The Labute approximate surface area is 237 Å². The fourth-order valence-electron chi connectivity index (χ4n) is 5.18. The average Bonchev–Trinajstić information content (AvgIpc) is 3.46. The fraction of sp³-hybridized carbons (Fsp3) is 0.345. The van der Waals surface area contributed by atoms with Gasteiger partial charge in [0.05, 0.1) is 36.7 Å². The summed E-state index contributed by atoms with van der Waals surface area (Å²) >= 11 is 0. The summed E-state index contributed by atoms with van der Waals surface area (Å²) in [6.07, 6.45) is 6.89. The molecule has 5 heterocycles. The van der Waals surface area contributed by atoms with Crippen molar-refractivity contribution in [3.8, 4) is 23.1 Å². The Morgan fingerprint density at radius 3 is 2.63 bits per heavy atom. The van der Waals surface area contributed by atoms with Crippen molar-refractivity contribution in [3.63, 3.8) is 0 Å². The van der Waals surface area contributed by atoms with Crippen LogP contribution >= 0.6 is 0 Å². The van der Waals surface area contributed by atoms with Crippen LogP contribution in [-0.2, 0) is 9.53 Å². The van der Waals surface area contributed by atoms with E-state index in [0.717, 1.165) is 72.0 Å². The van der Waals surface area contributed by atoms with E-state index >= 15 is 0 Å². The average molecular weight is 554 g/mol. The van der Waals surface area contributed by atoms with Gasteiger partial charge in [-0.15, -0.1) is 0 Å². The predicted octanol–water partition coefficient (Wildman–Crippen LogP) is 2.08. The third kappa shape index (κ3) is 6.21. The van der Waals surface area contributed by atoms with Crippen molar-refractivity contribution in [1.82, 2.24) is 30.2 Å². The van der Waals surface area contributed by atoms with E-state index < -0.39 is 0 Å². The maximum absolute atomic E-state index is 11.9. The quantitative estimate of drug-likeness (QED) is 0.262. The van der Waals surface area contributed by atoms with Gasteiger partial charge < -0.3 is 35.3 Å². The van der Waals surface area contributed by atoms with Gasteiger partial charge in [0.15, 0.2) is 0 Å². The Morgan fingerprint density at radius 1 is 1.05 bits per heavy atom. The molecule has 0 saturated carbocycles. The second kappa shape index (κ2) is 12.2. The van der Waals surface area contributed by atoms with Gasteiger partial charge in [0, 0.05) is 43.6 Å². The van der Waals surface area contributed by atoms with E-state index in [1.54, 1.807) is 18.7 Å². The van der Waals surface area contributed by atoms with Crippen LogP contribution in [0.3, 0.4) is 0 Å². The number of carbonyl (C=O) groups excluding carboxylic acids is 1. The number of nitrogens with one attached hydrogen (secondary N) is 3. The van der Waals surface area contributed by atoms with Crippen molar-refractivity contribution < 1.29 is 14.6 Å². The number of H-pyrrole nitrogens is 1. The first-order valence-electron chi connectivity index (χ1n) is 13.7. The Balaban J connectivity index is 1.09. The zero-order valence-electron chi connectivity index (χ0n) is 22.5.